The molecule has 1 aliphatic carbocycles. The molecule has 2 aromatic rings. The van der Waals surface area contributed by atoms with Gasteiger partial charge in [0.1, 0.15) is 5.60 Å². The van der Waals surface area contributed by atoms with E-state index in [4.69, 9.17) is 0 Å². The van der Waals surface area contributed by atoms with E-state index >= 15 is 0 Å². The van der Waals surface area contributed by atoms with Gasteiger partial charge in [0.15, 0.2) is 0 Å². The summed E-state index contributed by atoms with van der Waals surface area (Å²) in [5.74, 6) is -5.14. The number of amides is 1. The van der Waals surface area contributed by atoms with Crippen LogP contribution in [-0.2, 0) is 11.2 Å². The van der Waals surface area contributed by atoms with Crippen molar-refractivity contribution in [2.45, 2.75) is 37.2 Å². The molecule has 0 unspecified atom stereocenters. The third kappa shape index (κ3) is 2.59. The molecule has 7 heteroatoms. The molecule has 0 saturated heterocycles. The lowest BCUT2D eigenvalue weighted by molar-refractivity contribution is -0.215. The number of hydrogen-bond donors (Lipinski definition) is 2. The van der Waals surface area contributed by atoms with Crippen molar-refractivity contribution < 1.29 is 18.7 Å². The summed E-state index contributed by atoms with van der Waals surface area (Å²) >= 11 is 1.48. The van der Waals surface area contributed by atoms with E-state index in [2.05, 4.69) is 10.3 Å². The van der Waals surface area contributed by atoms with Gasteiger partial charge < -0.3 is 10.4 Å². The van der Waals surface area contributed by atoms with E-state index < -0.39 is 17.4 Å². The van der Waals surface area contributed by atoms with Crippen LogP contribution < -0.4 is 5.32 Å². The van der Waals surface area contributed by atoms with Crippen LogP contribution in [0, 0.1) is 0 Å². The Morgan fingerprint density at radius 3 is 2.77 bits per heavy atom. The highest BCUT2D eigenvalue weighted by molar-refractivity contribution is 7.18. The molecule has 3 rings (SSSR count). The SMILES string of the molecule is O=C(NCCc1nc2ccccc2s1)C(F)(F)C1(O)CCC1. The molecule has 0 radical (unpaired) electrons. The maximum Gasteiger partial charge on any atom is 0.352 e. The first kappa shape index (κ1) is 15.3. The molecule has 1 heterocycles. The Morgan fingerprint density at radius 1 is 1.41 bits per heavy atom. The highest BCUT2D eigenvalue weighted by atomic mass is 32.1. The smallest absolute Gasteiger partial charge is 0.352 e. The van der Waals surface area contributed by atoms with Crippen LogP contribution >= 0.6 is 11.3 Å². The molecule has 0 spiro atoms. The monoisotopic (exact) mass is 326 g/mol. The number of thiazole rings is 1. The van der Waals surface area contributed by atoms with Crippen molar-refractivity contribution in [3.63, 3.8) is 0 Å². The van der Waals surface area contributed by atoms with Crippen molar-refractivity contribution >= 4 is 27.5 Å². The number of aromatic nitrogens is 1. The summed E-state index contributed by atoms with van der Waals surface area (Å²) in [5, 5.41) is 12.7. The Hall–Kier alpha value is -1.60. The van der Waals surface area contributed by atoms with Crippen molar-refractivity contribution in [3.05, 3.63) is 29.3 Å². The minimum Gasteiger partial charge on any atom is -0.383 e. The zero-order chi connectivity index (χ0) is 15.8. The van der Waals surface area contributed by atoms with Gasteiger partial charge in [-0.15, -0.1) is 11.3 Å². The number of nitrogens with zero attached hydrogens (tertiary/aromatic N) is 1. The Kier molecular flexibility index (Phi) is 3.86. The van der Waals surface area contributed by atoms with Crippen molar-refractivity contribution in [1.82, 2.24) is 10.3 Å². The van der Waals surface area contributed by atoms with Gasteiger partial charge in [-0.1, -0.05) is 12.1 Å². The van der Waals surface area contributed by atoms with E-state index in [9.17, 15) is 18.7 Å². The summed E-state index contributed by atoms with van der Waals surface area (Å²) in [6.45, 7) is 0.0737. The average Bonchev–Trinajstić information content (AvgIpc) is 2.87. The Bertz CT molecular complexity index is 665. The topological polar surface area (TPSA) is 62.2 Å². The molecule has 1 saturated carbocycles. The van der Waals surface area contributed by atoms with Gasteiger partial charge in [0, 0.05) is 13.0 Å². The summed E-state index contributed by atoms with van der Waals surface area (Å²) in [5.41, 5.74) is -1.31. The van der Waals surface area contributed by atoms with E-state index in [-0.39, 0.29) is 19.4 Å². The summed E-state index contributed by atoms with van der Waals surface area (Å²) in [6, 6.07) is 7.61. The molecule has 4 nitrogen and oxygen atoms in total. The van der Waals surface area contributed by atoms with Crippen LogP contribution in [0.4, 0.5) is 8.78 Å². The Balaban J connectivity index is 1.57. The van der Waals surface area contributed by atoms with Crippen LogP contribution in [0.5, 0.6) is 0 Å². The highest BCUT2D eigenvalue weighted by Gasteiger charge is 2.60. The maximum absolute atomic E-state index is 13.9. The van der Waals surface area contributed by atoms with Crippen LogP contribution in [0.15, 0.2) is 24.3 Å². The molecule has 22 heavy (non-hydrogen) atoms. The number of rotatable bonds is 5. The number of aliphatic hydroxyl groups is 1. The van der Waals surface area contributed by atoms with Crippen LogP contribution in [-0.4, -0.2) is 34.1 Å². The van der Waals surface area contributed by atoms with Gasteiger partial charge in [0.05, 0.1) is 15.2 Å². The van der Waals surface area contributed by atoms with Gasteiger partial charge in [-0.2, -0.15) is 8.78 Å². The zero-order valence-corrected chi connectivity index (χ0v) is 12.6. The van der Waals surface area contributed by atoms with Gasteiger partial charge in [-0.05, 0) is 31.4 Å². The standard InChI is InChI=1S/C15H16F2N2O2S/c16-15(17,14(21)7-3-8-14)13(20)18-9-6-12-19-10-4-1-2-5-11(10)22-12/h1-2,4-5,21H,3,6-9H2,(H,18,20). The largest absolute Gasteiger partial charge is 0.383 e. The van der Waals surface area contributed by atoms with Crippen LogP contribution in [0.1, 0.15) is 24.3 Å². The number of alkyl halides is 2. The summed E-state index contributed by atoms with van der Waals surface area (Å²) in [4.78, 5) is 16.0. The lowest BCUT2D eigenvalue weighted by atomic mass is 9.75. The fraction of sp³-hybridized carbons (Fsp3) is 0.467. The predicted molar refractivity (Wildman–Crippen MR) is 80.1 cm³/mol. The Labute approximate surface area is 130 Å². The van der Waals surface area contributed by atoms with Crippen molar-refractivity contribution in [3.8, 4) is 0 Å². The van der Waals surface area contributed by atoms with Crippen LogP contribution in [0.2, 0.25) is 0 Å². The normalized spacial score (nSPS) is 17.2. The summed E-state index contributed by atoms with van der Waals surface area (Å²) < 4.78 is 28.8. The van der Waals surface area contributed by atoms with Crippen molar-refractivity contribution in [2.75, 3.05) is 6.54 Å². The first-order valence-electron chi connectivity index (χ1n) is 7.15. The molecule has 1 aliphatic rings. The highest BCUT2D eigenvalue weighted by Crippen LogP contribution is 2.44. The van der Waals surface area contributed by atoms with E-state index in [1.165, 1.54) is 11.3 Å². The second-order valence-corrected chi connectivity index (χ2v) is 6.66. The first-order chi connectivity index (χ1) is 10.4. The van der Waals surface area contributed by atoms with Gasteiger partial charge in [-0.25, -0.2) is 4.98 Å². The minimum atomic E-state index is -3.74. The lowest BCUT2D eigenvalue weighted by Gasteiger charge is -2.41. The van der Waals surface area contributed by atoms with Crippen molar-refractivity contribution in [1.29, 1.82) is 0 Å². The third-order valence-electron chi connectivity index (χ3n) is 4.01. The fourth-order valence-electron chi connectivity index (χ4n) is 2.46. The fourth-order valence-corrected chi connectivity index (χ4v) is 3.42. The number of carbonyl (C=O) groups is 1. The molecule has 0 atom stereocenters. The minimum absolute atomic E-state index is 0.0364. The average molecular weight is 326 g/mol. The van der Waals surface area contributed by atoms with Crippen molar-refractivity contribution in [2.24, 2.45) is 0 Å². The molecular formula is C15H16F2N2O2S. The molecule has 1 fully saturated rings. The molecule has 0 aliphatic heterocycles. The van der Waals surface area contributed by atoms with E-state index in [0.29, 0.717) is 12.8 Å². The number of para-hydroxylation sites is 1. The number of hydrogen-bond acceptors (Lipinski definition) is 4. The molecule has 1 aromatic carbocycles. The number of fused-ring (bicyclic) bond motifs is 1. The lowest BCUT2D eigenvalue weighted by Crippen LogP contribution is -2.60. The molecular weight excluding hydrogens is 310 g/mol. The molecule has 118 valence electrons. The van der Waals surface area contributed by atoms with Gasteiger partial charge in [0.25, 0.3) is 5.91 Å². The van der Waals surface area contributed by atoms with Gasteiger partial charge >= 0.3 is 5.92 Å². The van der Waals surface area contributed by atoms with Crippen LogP contribution in [0.3, 0.4) is 0 Å². The van der Waals surface area contributed by atoms with E-state index in [1.54, 1.807) is 0 Å². The summed E-state index contributed by atoms with van der Waals surface area (Å²) in [7, 11) is 0. The van der Waals surface area contributed by atoms with E-state index in [0.717, 1.165) is 15.2 Å². The number of nitrogens with one attached hydrogen (secondary N) is 1. The van der Waals surface area contributed by atoms with Crippen LogP contribution in [0.25, 0.3) is 10.2 Å². The van der Waals surface area contributed by atoms with Gasteiger partial charge in [0.2, 0.25) is 0 Å². The number of halogens is 2. The quantitative estimate of drug-likeness (QED) is 0.887. The van der Waals surface area contributed by atoms with Gasteiger partial charge in [-0.3, -0.25) is 4.79 Å². The molecule has 0 bridgehead atoms. The first-order valence-corrected chi connectivity index (χ1v) is 7.97. The van der Waals surface area contributed by atoms with E-state index in [1.807, 2.05) is 24.3 Å². The Morgan fingerprint density at radius 2 is 2.14 bits per heavy atom. The maximum atomic E-state index is 13.9. The summed E-state index contributed by atoms with van der Waals surface area (Å²) in [6.07, 6.45) is 0.835. The predicted octanol–water partition coefficient (Wildman–Crippen LogP) is 2.51. The second-order valence-electron chi connectivity index (χ2n) is 5.54. The molecule has 1 aromatic heterocycles. The third-order valence-corrected chi connectivity index (χ3v) is 5.11. The zero-order valence-electron chi connectivity index (χ0n) is 11.8. The number of carbonyl (C=O) groups excluding carboxylic acids is 1. The molecule has 2 N–H and O–H groups in total. The molecule has 1 amide bonds. The number of benzene rings is 1. The second kappa shape index (κ2) is 5.55.